The predicted octanol–water partition coefficient (Wildman–Crippen LogP) is 4.31. The molecule has 1 unspecified atom stereocenters. The van der Waals surface area contributed by atoms with Crippen LogP contribution in [0.4, 0.5) is 0 Å². The first-order chi connectivity index (χ1) is 16.3. The Kier molecular flexibility index (Phi) is 10.9. The summed E-state index contributed by atoms with van der Waals surface area (Å²) in [7, 11) is 0. The third-order valence-corrected chi connectivity index (χ3v) is 6.17. The van der Waals surface area contributed by atoms with E-state index in [-0.39, 0.29) is 24.0 Å². The van der Waals surface area contributed by atoms with Crippen molar-refractivity contribution in [2.24, 2.45) is 4.99 Å². The molecule has 4 rings (SSSR count). The third-order valence-electron chi connectivity index (χ3n) is 6.17. The number of benzene rings is 2. The van der Waals surface area contributed by atoms with E-state index in [2.05, 4.69) is 98.9 Å². The van der Waals surface area contributed by atoms with Crippen molar-refractivity contribution in [1.82, 2.24) is 25.1 Å². The van der Waals surface area contributed by atoms with Gasteiger partial charge in [-0.2, -0.15) is 0 Å². The van der Waals surface area contributed by atoms with Crippen molar-refractivity contribution in [2.75, 3.05) is 26.2 Å². The fourth-order valence-electron chi connectivity index (χ4n) is 4.45. The van der Waals surface area contributed by atoms with Crippen LogP contribution in [0.15, 0.2) is 78.0 Å². The van der Waals surface area contributed by atoms with Gasteiger partial charge in [-0.3, -0.25) is 9.89 Å². The molecule has 0 saturated carbocycles. The number of imidazole rings is 1. The van der Waals surface area contributed by atoms with Gasteiger partial charge in [-0.05, 0) is 37.4 Å². The van der Waals surface area contributed by atoms with Gasteiger partial charge in [0.25, 0.3) is 0 Å². The van der Waals surface area contributed by atoms with Crippen LogP contribution in [0.3, 0.4) is 0 Å². The minimum absolute atomic E-state index is 0. The summed E-state index contributed by atoms with van der Waals surface area (Å²) in [5, 5.41) is 6.90. The Morgan fingerprint density at radius 1 is 1.00 bits per heavy atom. The molecule has 6 nitrogen and oxygen atoms in total. The van der Waals surface area contributed by atoms with Crippen molar-refractivity contribution in [3.05, 3.63) is 90.0 Å². The fourth-order valence-corrected chi connectivity index (χ4v) is 4.45. The number of hydrogen-bond donors (Lipinski definition) is 2. The molecular weight excluding hydrogens is 535 g/mol. The lowest BCUT2D eigenvalue weighted by Gasteiger charge is -2.23. The molecule has 182 valence electrons. The highest BCUT2D eigenvalue weighted by Gasteiger charge is 2.24. The van der Waals surface area contributed by atoms with Gasteiger partial charge in [0.1, 0.15) is 5.82 Å². The molecule has 2 heterocycles. The lowest BCUT2D eigenvalue weighted by molar-refractivity contribution is 0.250. The Hall–Kier alpha value is -2.39. The van der Waals surface area contributed by atoms with Crippen molar-refractivity contribution >= 4 is 29.9 Å². The number of nitrogens with one attached hydrogen (secondary N) is 2. The van der Waals surface area contributed by atoms with E-state index in [1.54, 1.807) is 0 Å². The van der Waals surface area contributed by atoms with Crippen LogP contribution in [0.2, 0.25) is 0 Å². The number of rotatable bonds is 10. The van der Waals surface area contributed by atoms with Crippen LogP contribution >= 0.6 is 24.0 Å². The Bertz CT molecular complexity index is 989. The van der Waals surface area contributed by atoms with Gasteiger partial charge in [-0.1, -0.05) is 60.7 Å². The summed E-state index contributed by atoms with van der Waals surface area (Å²) in [6.07, 6.45) is 7.27. The molecule has 1 aliphatic rings. The summed E-state index contributed by atoms with van der Waals surface area (Å²) < 4.78 is 2.22. The molecule has 0 amide bonds. The van der Waals surface area contributed by atoms with Crippen LogP contribution in [0.5, 0.6) is 0 Å². The quantitative estimate of drug-likeness (QED) is 0.216. The average molecular weight is 573 g/mol. The molecule has 1 fully saturated rings. The monoisotopic (exact) mass is 572 g/mol. The normalized spacial score (nSPS) is 16.3. The second kappa shape index (κ2) is 14.1. The van der Waals surface area contributed by atoms with Gasteiger partial charge < -0.3 is 15.2 Å². The zero-order chi connectivity index (χ0) is 22.7. The lowest BCUT2D eigenvalue weighted by Crippen LogP contribution is -2.40. The molecule has 2 N–H and O–H groups in total. The van der Waals surface area contributed by atoms with E-state index in [1.165, 1.54) is 24.0 Å². The van der Waals surface area contributed by atoms with Crippen LogP contribution < -0.4 is 10.6 Å². The maximum absolute atomic E-state index is 4.92. The van der Waals surface area contributed by atoms with Crippen LogP contribution in [0.25, 0.3) is 0 Å². The predicted molar refractivity (Wildman–Crippen MR) is 151 cm³/mol. The van der Waals surface area contributed by atoms with E-state index in [1.807, 2.05) is 6.20 Å². The summed E-state index contributed by atoms with van der Waals surface area (Å²) in [5.41, 5.74) is 2.67. The molecule has 0 spiro atoms. The van der Waals surface area contributed by atoms with E-state index >= 15 is 0 Å². The van der Waals surface area contributed by atoms with Crippen LogP contribution in [0, 0.1) is 0 Å². The number of guanidine groups is 1. The molecule has 0 radical (unpaired) electrons. The molecule has 34 heavy (non-hydrogen) atoms. The van der Waals surface area contributed by atoms with Crippen molar-refractivity contribution in [1.29, 1.82) is 0 Å². The molecule has 7 heteroatoms. The molecular formula is C27H37IN6. The molecule has 3 aromatic rings. The number of aliphatic imine (C=N–C) groups is 1. The molecule has 1 aliphatic heterocycles. The number of halogens is 1. The van der Waals surface area contributed by atoms with E-state index in [9.17, 15) is 0 Å². The van der Waals surface area contributed by atoms with Crippen LogP contribution in [-0.4, -0.2) is 52.6 Å². The SMILES string of the molecule is CCNC(=NCC1CCCN1Cc1ccccc1)NCCc1nccn1Cc1ccccc1.I. The molecule has 0 aliphatic carbocycles. The van der Waals surface area contributed by atoms with E-state index in [0.29, 0.717) is 6.04 Å². The lowest BCUT2D eigenvalue weighted by atomic mass is 10.2. The smallest absolute Gasteiger partial charge is 0.191 e. The van der Waals surface area contributed by atoms with Gasteiger partial charge in [0.05, 0.1) is 6.54 Å². The van der Waals surface area contributed by atoms with Crippen molar-refractivity contribution in [3.63, 3.8) is 0 Å². The highest BCUT2D eigenvalue weighted by molar-refractivity contribution is 14.0. The number of aromatic nitrogens is 2. The second-order valence-electron chi connectivity index (χ2n) is 8.61. The maximum Gasteiger partial charge on any atom is 0.191 e. The number of likely N-dealkylation sites (tertiary alicyclic amines) is 1. The largest absolute Gasteiger partial charge is 0.357 e. The van der Waals surface area contributed by atoms with Gasteiger partial charge >= 0.3 is 0 Å². The third kappa shape index (κ3) is 7.84. The van der Waals surface area contributed by atoms with Gasteiger partial charge in [-0.15, -0.1) is 24.0 Å². The summed E-state index contributed by atoms with van der Waals surface area (Å²) in [5.74, 6) is 1.98. The summed E-state index contributed by atoms with van der Waals surface area (Å²) in [4.78, 5) is 12.1. The fraction of sp³-hybridized carbons (Fsp3) is 0.407. The Morgan fingerprint density at radius 2 is 1.71 bits per heavy atom. The van der Waals surface area contributed by atoms with Gasteiger partial charge in [-0.25, -0.2) is 4.98 Å². The zero-order valence-corrected chi connectivity index (χ0v) is 22.4. The van der Waals surface area contributed by atoms with E-state index in [4.69, 9.17) is 4.99 Å². The highest BCUT2D eigenvalue weighted by Crippen LogP contribution is 2.20. The summed E-state index contributed by atoms with van der Waals surface area (Å²) in [6, 6.07) is 21.8. The van der Waals surface area contributed by atoms with Crippen molar-refractivity contribution in [2.45, 2.75) is 45.3 Å². The first kappa shape index (κ1) is 26.2. The van der Waals surface area contributed by atoms with Crippen LogP contribution in [0.1, 0.15) is 36.7 Å². The standard InChI is InChI=1S/C27H36N6.HI/c1-2-28-27(31-20-25-14-9-18-32(25)21-23-10-5-3-6-11-23)30-16-15-26-29-17-19-33(26)22-24-12-7-4-8-13-24;/h3-8,10-13,17,19,25H,2,9,14-16,18,20-22H2,1H3,(H2,28,30,31);1H. The number of nitrogens with zero attached hydrogens (tertiary/aromatic N) is 4. The van der Waals surface area contributed by atoms with Gasteiger partial charge in [0.2, 0.25) is 0 Å². The Labute approximate surface area is 220 Å². The van der Waals surface area contributed by atoms with Gasteiger partial charge in [0, 0.05) is 51.0 Å². The zero-order valence-electron chi connectivity index (χ0n) is 20.1. The van der Waals surface area contributed by atoms with Crippen molar-refractivity contribution < 1.29 is 0 Å². The molecule has 1 atom stereocenters. The minimum atomic E-state index is 0. The second-order valence-corrected chi connectivity index (χ2v) is 8.61. The molecule has 1 aromatic heterocycles. The molecule has 2 aromatic carbocycles. The highest BCUT2D eigenvalue weighted by atomic mass is 127. The first-order valence-corrected chi connectivity index (χ1v) is 12.2. The topological polar surface area (TPSA) is 57.5 Å². The Balaban J connectivity index is 0.00000324. The molecule has 0 bridgehead atoms. The Morgan fingerprint density at radius 3 is 2.41 bits per heavy atom. The van der Waals surface area contributed by atoms with E-state index in [0.717, 1.165) is 57.5 Å². The summed E-state index contributed by atoms with van der Waals surface area (Å²) in [6.45, 7) is 7.61. The number of hydrogen-bond acceptors (Lipinski definition) is 3. The van der Waals surface area contributed by atoms with Crippen molar-refractivity contribution in [3.8, 4) is 0 Å². The van der Waals surface area contributed by atoms with Gasteiger partial charge in [0.15, 0.2) is 5.96 Å². The maximum atomic E-state index is 4.92. The summed E-state index contributed by atoms with van der Waals surface area (Å²) >= 11 is 0. The molecule has 1 saturated heterocycles. The average Bonchev–Trinajstić information content (AvgIpc) is 3.48. The van der Waals surface area contributed by atoms with Crippen LogP contribution in [-0.2, 0) is 19.5 Å². The van der Waals surface area contributed by atoms with E-state index < -0.39 is 0 Å². The minimum Gasteiger partial charge on any atom is -0.357 e. The first-order valence-electron chi connectivity index (χ1n) is 12.2.